The van der Waals surface area contributed by atoms with Crippen LogP contribution in [-0.2, 0) is 4.74 Å². The fourth-order valence-corrected chi connectivity index (χ4v) is 1.42. The van der Waals surface area contributed by atoms with Crippen molar-refractivity contribution in [1.29, 1.82) is 0 Å². The van der Waals surface area contributed by atoms with Crippen LogP contribution in [0.15, 0.2) is 0 Å². The molecular weight excluding hydrogens is 168 g/mol. The molecule has 1 rings (SSSR count). The molecule has 2 atom stereocenters. The molecule has 0 aromatic heterocycles. The number of nitrogens with one attached hydrogen (secondary N) is 1. The van der Waals surface area contributed by atoms with Crippen LogP contribution < -0.4 is 5.32 Å². The van der Waals surface area contributed by atoms with Crippen molar-refractivity contribution >= 4 is 6.03 Å². The molecule has 1 fully saturated rings. The van der Waals surface area contributed by atoms with E-state index in [1.165, 1.54) is 0 Å². The molecule has 0 spiro atoms. The number of hydrogen-bond donors (Lipinski definition) is 1. The third-order valence-corrected chi connectivity index (χ3v) is 2.45. The van der Waals surface area contributed by atoms with Gasteiger partial charge < -0.3 is 15.0 Å². The number of carbonyl (C=O) groups is 1. The summed E-state index contributed by atoms with van der Waals surface area (Å²) >= 11 is 0. The largest absolute Gasteiger partial charge is 0.378 e. The van der Waals surface area contributed by atoms with E-state index in [2.05, 4.69) is 12.2 Å². The summed E-state index contributed by atoms with van der Waals surface area (Å²) in [4.78, 5) is 12.7. The maximum absolute atomic E-state index is 11.2. The lowest BCUT2D eigenvalue weighted by Crippen LogP contribution is -2.38. The lowest BCUT2D eigenvalue weighted by atomic mass is 10.0. The SMILES string of the molecule is CC1OCCC1CNC(=O)N(C)C. The Kier molecular flexibility index (Phi) is 3.54. The van der Waals surface area contributed by atoms with Crippen molar-refractivity contribution < 1.29 is 9.53 Å². The molecule has 1 saturated heterocycles. The van der Waals surface area contributed by atoms with E-state index < -0.39 is 0 Å². The van der Waals surface area contributed by atoms with Crippen LogP contribution in [-0.4, -0.2) is 44.3 Å². The first-order valence-electron chi connectivity index (χ1n) is 4.68. The minimum Gasteiger partial charge on any atom is -0.378 e. The summed E-state index contributed by atoms with van der Waals surface area (Å²) in [6, 6.07) is -0.0286. The van der Waals surface area contributed by atoms with Gasteiger partial charge in [0.15, 0.2) is 0 Å². The molecule has 76 valence electrons. The van der Waals surface area contributed by atoms with Gasteiger partial charge in [-0.1, -0.05) is 0 Å². The lowest BCUT2D eigenvalue weighted by molar-refractivity contribution is 0.105. The smallest absolute Gasteiger partial charge is 0.316 e. The summed E-state index contributed by atoms with van der Waals surface area (Å²) in [5, 5.41) is 2.86. The van der Waals surface area contributed by atoms with Gasteiger partial charge in [0.25, 0.3) is 0 Å². The molecule has 0 aromatic carbocycles. The highest BCUT2D eigenvalue weighted by Crippen LogP contribution is 2.19. The average Bonchev–Trinajstić information content (AvgIpc) is 2.47. The zero-order valence-electron chi connectivity index (χ0n) is 8.54. The Morgan fingerprint density at radius 3 is 2.77 bits per heavy atom. The fraction of sp³-hybridized carbons (Fsp3) is 0.889. The summed E-state index contributed by atoms with van der Waals surface area (Å²) in [6.45, 7) is 3.60. The van der Waals surface area contributed by atoms with E-state index in [1.807, 2.05) is 0 Å². The fourth-order valence-electron chi connectivity index (χ4n) is 1.42. The minimum absolute atomic E-state index is 0.0286. The lowest BCUT2D eigenvalue weighted by Gasteiger charge is -2.17. The second-order valence-corrected chi connectivity index (χ2v) is 3.71. The molecular formula is C9H18N2O2. The van der Waals surface area contributed by atoms with E-state index in [1.54, 1.807) is 19.0 Å². The van der Waals surface area contributed by atoms with Gasteiger partial charge in [-0.2, -0.15) is 0 Å². The quantitative estimate of drug-likeness (QED) is 0.689. The Morgan fingerprint density at radius 1 is 1.62 bits per heavy atom. The maximum Gasteiger partial charge on any atom is 0.316 e. The Bertz CT molecular complexity index is 182. The van der Waals surface area contributed by atoms with Crippen LogP contribution in [0.3, 0.4) is 0 Å². The Morgan fingerprint density at radius 2 is 2.31 bits per heavy atom. The number of ether oxygens (including phenoxy) is 1. The number of hydrogen-bond acceptors (Lipinski definition) is 2. The standard InChI is InChI=1S/C9H18N2O2/c1-7-8(4-5-13-7)6-10-9(12)11(2)3/h7-8H,4-6H2,1-3H3,(H,10,12). The number of nitrogens with zero attached hydrogens (tertiary/aromatic N) is 1. The van der Waals surface area contributed by atoms with Crippen molar-refractivity contribution in [3.8, 4) is 0 Å². The third-order valence-electron chi connectivity index (χ3n) is 2.45. The first kappa shape index (κ1) is 10.3. The van der Waals surface area contributed by atoms with E-state index in [-0.39, 0.29) is 12.1 Å². The minimum atomic E-state index is -0.0286. The van der Waals surface area contributed by atoms with Gasteiger partial charge in [0, 0.05) is 33.2 Å². The summed E-state index contributed by atoms with van der Waals surface area (Å²) in [5.74, 6) is 0.476. The Balaban J connectivity index is 2.22. The summed E-state index contributed by atoms with van der Waals surface area (Å²) in [5.41, 5.74) is 0. The van der Waals surface area contributed by atoms with Gasteiger partial charge in [-0.05, 0) is 13.3 Å². The molecule has 1 aliphatic heterocycles. The molecule has 2 amide bonds. The molecule has 13 heavy (non-hydrogen) atoms. The Labute approximate surface area is 79.2 Å². The molecule has 0 radical (unpaired) electrons. The zero-order valence-corrected chi connectivity index (χ0v) is 8.54. The van der Waals surface area contributed by atoms with Gasteiger partial charge in [-0.25, -0.2) is 4.79 Å². The third kappa shape index (κ3) is 2.88. The summed E-state index contributed by atoms with van der Waals surface area (Å²) in [7, 11) is 3.48. The van der Waals surface area contributed by atoms with Crippen molar-refractivity contribution in [2.45, 2.75) is 19.4 Å². The van der Waals surface area contributed by atoms with Crippen LogP contribution in [0.4, 0.5) is 4.79 Å². The Hall–Kier alpha value is -0.770. The van der Waals surface area contributed by atoms with Gasteiger partial charge in [0.05, 0.1) is 6.10 Å². The molecule has 0 aliphatic carbocycles. The molecule has 0 saturated carbocycles. The molecule has 1 heterocycles. The predicted octanol–water partition coefficient (Wildman–Crippen LogP) is 0.683. The highest BCUT2D eigenvalue weighted by Gasteiger charge is 2.24. The molecule has 0 aromatic rings. The van der Waals surface area contributed by atoms with E-state index in [4.69, 9.17) is 4.74 Å². The normalized spacial score (nSPS) is 27.3. The number of carbonyl (C=O) groups excluding carboxylic acids is 1. The van der Waals surface area contributed by atoms with Crippen molar-refractivity contribution in [3.05, 3.63) is 0 Å². The molecule has 1 N–H and O–H groups in total. The van der Waals surface area contributed by atoms with Crippen molar-refractivity contribution in [1.82, 2.24) is 10.2 Å². The van der Waals surface area contributed by atoms with Crippen LogP contribution in [0.5, 0.6) is 0 Å². The predicted molar refractivity (Wildman–Crippen MR) is 50.6 cm³/mol. The van der Waals surface area contributed by atoms with E-state index in [0.717, 1.165) is 19.6 Å². The summed E-state index contributed by atoms with van der Waals surface area (Å²) in [6.07, 6.45) is 1.33. The first-order valence-corrected chi connectivity index (χ1v) is 4.68. The molecule has 1 aliphatic rings. The molecule has 4 heteroatoms. The summed E-state index contributed by atoms with van der Waals surface area (Å²) < 4.78 is 5.39. The topological polar surface area (TPSA) is 41.6 Å². The van der Waals surface area contributed by atoms with Gasteiger partial charge in [-0.15, -0.1) is 0 Å². The van der Waals surface area contributed by atoms with Gasteiger partial charge in [-0.3, -0.25) is 0 Å². The van der Waals surface area contributed by atoms with Crippen LogP contribution in [0.1, 0.15) is 13.3 Å². The van der Waals surface area contributed by atoms with E-state index in [9.17, 15) is 4.79 Å². The van der Waals surface area contributed by atoms with Gasteiger partial charge in [0.2, 0.25) is 0 Å². The van der Waals surface area contributed by atoms with E-state index >= 15 is 0 Å². The van der Waals surface area contributed by atoms with Crippen LogP contribution in [0.25, 0.3) is 0 Å². The number of rotatable bonds is 2. The van der Waals surface area contributed by atoms with Crippen molar-refractivity contribution in [2.24, 2.45) is 5.92 Å². The molecule has 0 bridgehead atoms. The van der Waals surface area contributed by atoms with E-state index in [0.29, 0.717) is 5.92 Å². The average molecular weight is 186 g/mol. The van der Waals surface area contributed by atoms with Gasteiger partial charge >= 0.3 is 6.03 Å². The second kappa shape index (κ2) is 4.46. The van der Waals surface area contributed by atoms with Crippen LogP contribution in [0, 0.1) is 5.92 Å². The van der Waals surface area contributed by atoms with Gasteiger partial charge in [0.1, 0.15) is 0 Å². The first-order chi connectivity index (χ1) is 6.11. The zero-order chi connectivity index (χ0) is 9.84. The van der Waals surface area contributed by atoms with Crippen LogP contribution in [0.2, 0.25) is 0 Å². The van der Waals surface area contributed by atoms with Crippen LogP contribution >= 0.6 is 0 Å². The van der Waals surface area contributed by atoms with Crippen molar-refractivity contribution in [2.75, 3.05) is 27.2 Å². The molecule has 2 unspecified atom stereocenters. The number of amides is 2. The molecule has 4 nitrogen and oxygen atoms in total. The maximum atomic E-state index is 11.2. The monoisotopic (exact) mass is 186 g/mol. The number of urea groups is 1. The van der Waals surface area contributed by atoms with Crippen molar-refractivity contribution in [3.63, 3.8) is 0 Å². The second-order valence-electron chi connectivity index (χ2n) is 3.71. The highest BCUT2D eigenvalue weighted by molar-refractivity contribution is 5.73. The highest BCUT2D eigenvalue weighted by atomic mass is 16.5.